The van der Waals surface area contributed by atoms with Gasteiger partial charge >= 0.3 is 0 Å². The average Bonchev–Trinajstić information content (AvgIpc) is 2.47. The maximum atomic E-state index is 14.1. The van der Waals surface area contributed by atoms with E-state index in [1.807, 2.05) is 0 Å². The molecule has 0 heterocycles. The predicted octanol–water partition coefficient (Wildman–Crippen LogP) is 3.84. The maximum Gasteiger partial charge on any atom is 0.197 e. The lowest BCUT2D eigenvalue weighted by Gasteiger charge is -2.09. The Bertz CT molecular complexity index is 652. The summed E-state index contributed by atoms with van der Waals surface area (Å²) in [7, 11) is 2.86. The Kier molecular flexibility index (Phi) is 4.39. The van der Waals surface area contributed by atoms with E-state index in [1.54, 1.807) is 24.3 Å². The molecule has 0 saturated carbocycles. The summed E-state index contributed by atoms with van der Waals surface area (Å²) < 4.78 is 24.7. The van der Waals surface area contributed by atoms with Gasteiger partial charge in [0.15, 0.2) is 17.3 Å². The van der Waals surface area contributed by atoms with Crippen LogP contribution in [-0.2, 0) is 0 Å². The van der Waals surface area contributed by atoms with Gasteiger partial charge in [0.05, 0.1) is 19.8 Å². The fraction of sp³-hybridized carbons (Fsp3) is 0.133. The van der Waals surface area contributed by atoms with Crippen molar-refractivity contribution in [2.45, 2.75) is 0 Å². The van der Waals surface area contributed by atoms with Crippen LogP contribution in [0, 0.1) is 5.82 Å². The van der Waals surface area contributed by atoms with Gasteiger partial charge in [0.2, 0.25) is 0 Å². The molecule has 3 nitrogen and oxygen atoms in total. The Balaban J connectivity index is 2.51. The van der Waals surface area contributed by atoms with Crippen LogP contribution in [0.25, 0.3) is 0 Å². The molecule has 104 valence electrons. The third-order valence-electron chi connectivity index (χ3n) is 2.85. The zero-order valence-electron chi connectivity index (χ0n) is 10.9. The van der Waals surface area contributed by atoms with E-state index in [9.17, 15) is 9.18 Å². The number of carbonyl (C=O) groups is 1. The SMILES string of the molecule is COc1ccc(Br)c(C(=O)c2cccc(OC)c2F)c1. The lowest BCUT2D eigenvalue weighted by Crippen LogP contribution is -2.06. The Morgan fingerprint density at radius 1 is 1.10 bits per heavy atom. The number of rotatable bonds is 4. The van der Waals surface area contributed by atoms with E-state index in [0.717, 1.165) is 0 Å². The van der Waals surface area contributed by atoms with E-state index in [4.69, 9.17) is 9.47 Å². The second-order valence-electron chi connectivity index (χ2n) is 4.00. The van der Waals surface area contributed by atoms with Crippen molar-refractivity contribution in [3.05, 3.63) is 57.8 Å². The number of halogens is 2. The minimum atomic E-state index is -0.672. The van der Waals surface area contributed by atoms with Gasteiger partial charge in [-0.15, -0.1) is 0 Å². The molecule has 0 aliphatic heterocycles. The Hall–Kier alpha value is -1.88. The molecule has 0 radical (unpaired) electrons. The van der Waals surface area contributed by atoms with Crippen molar-refractivity contribution < 1.29 is 18.7 Å². The van der Waals surface area contributed by atoms with Gasteiger partial charge < -0.3 is 9.47 Å². The zero-order valence-corrected chi connectivity index (χ0v) is 12.5. The van der Waals surface area contributed by atoms with Crippen molar-refractivity contribution in [2.24, 2.45) is 0 Å². The van der Waals surface area contributed by atoms with E-state index in [0.29, 0.717) is 15.8 Å². The van der Waals surface area contributed by atoms with Gasteiger partial charge in [-0.05, 0) is 30.3 Å². The smallest absolute Gasteiger partial charge is 0.197 e. The molecule has 0 unspecified atom stereocenters. The largest absolute Gasteiger partial charge is 0.497 e. The molecule has 0 spiro atoms. The lowest BCUT2D eigenvalue weighted by atomic mass is 10.0. The van der Waals surface area contributed by atoms with E-state index >= 15 is 0 Å². The van der Waals surface area contributed by atoms with E-state index in [2.05, 4.69) is 15.9 Å². The van der Waals surface area contributed by atoms with Crippen molar-refractivity contribution in [2.75, 3.05) is 14.2 Å². The van der Waals surface area contributed by atoms with Gasteiger partial charge in [0.25, 0.3) is 0 Å². The third-order valence-corrected chi connectivity index (χ3v) is 3.54. The van der Waals surface area contributed by atoms with Crippen molar-refractivity contribution in [1.82, 2.24) is 0 Å². The van der Waals surface area contributed by atoms with Gasteiger partial charge in [-0.25, -0.2) is 4.39 Å². The van der Waals surface area contributed by atoms with E-state index in [1.165, 1.54) is 26.4 Å². The van der Waals surface area contributed by atoms with Crippen molar-refractivity contribution in [3.8, 4) is 11.5 Å². The highest BCUT2D eigenvalue weighted by atomic mass is 79.9. The van der Waals surface area contributed by atoms with Crippen LogP contribution in [-0.4, -0.2) is 20.0 Å². The normalized spacial score (nSPS) is 10.2. The number of hydrogen-bond donors (Lipinski definition) is 0. The number of methoxy groups -OCH3 is 2. The van der Waals surface area contributed by atoms with E-state index in [-0.39, 0.29) is 11.3 Å². The van der Waals surface area contributed by atoms with Crippen molar-refractivity contribution >= 4 is 21.7 Å². The molecule has 20 heavy (non-hydrogen) atoms. The summed E-state index contributed by atoms with van der Waals surface area (Å²) in [5.41, 5.74) is 0.287. The van der Waals surface area contributed by atoms with Gasteiger partial charge in [0.1, 0.15) is 5.75 Å². The summed E-state index contributed by atoms with van der Waals surface area (Å²) in [6, 6.07) is 9.42. The quantitative estimate of drug-likeness (QED) is 0.794. The molecule has 0 aliphatic carbocycles. The van der Waals surface area contributed by atoms with Crippen LogP contribution >= 0.6 is 15.9 Å². The summed E-state index contributed by atoms with van der Waals surface area (Å²) in [6.45, 7) is 0. The third kappa shape index (κ3) is 2.67. The fourth-order valence-corrected chi connectivity index (χ4v) is 2.22. The highest BCUT2D eigenvalue weighted by molar-refractivity contribution is 9.10. The van der Waals surface area contributed by atoms with Crippen LogP contribution in [0.15, 0.2) is 40.9 Å². The first-order valence-corrected chi connectivity index (χ1v) is 6.58. The first kappa shape index (κ1) is 14.5. The standard InChI is InChI=1S/C15H12BrFO3/c1-19-9-6-7-12(16)11(8-9)15(18)10-4-3-5-13(20-2)14(10)17/h3-8H,1-2H3. The van der Waals surface area contributed by atoms with Gasteiger partial charge in [-0.1, -0.05) is 22.0 Å². The summed E-state index contributed by atoms with van der Waals surface area (Å²) in [4.78, 5) is 12.4. The number of hydrogen-bond acceptors (Lipinski definition) is 3. The van der Waals surface area contributed by atoms with Crippen LogP contribution in [0.5, 0.6) is 11.5 Å². The Labute approximate surface area is 124 Å². The molecule has 2 aromatic rings. The second-order valence-corrected chi connectivity index (χ2v) is 4.85. The summed E-state index contributed by atoms with van der Waals surface area (Å²) in [5, 5.41) is 0. The summed E-state index contributed by atoms with van der Waals surface area (Å²) in [5.74, 6) is -0.545. The molecule has 0 aromatic heterocycles. The Morgan fingerprint density at radius 3 is 2.50 bits per heavy atom. The minimum absolute atomic E-state index is 0.0369. The molecule has 0 fully saturated rings. The second kappa shape index (κ2) is 6.05. The maximum absolute atomic E-state index is 14.1. The molecule has 0 aliphatic rings. The van der Waals surface area contributed by atoms with E-state index < -0.39 is 11.6 Å². The van der Waals surface area contributed by atoms with Crippen LogP contribution in [0.4, 0.5) is 4.39 Å². The van der Waals surface area contributed by atoms with Crippen molar-refractivity contribution in [3.63, 3.8) is 0 Å². The van der Waals surface area contributed by atoms with Crippen LogP contribution in [0.1, 0.15) is 15.9 Å². The van der Waals surface area contributed by atoms with Gasteiger partial charge in [-0.3, -0.25) is 4.79 Å². The highest BCUT2D eigenvalue weighted by Crippen LogP contribution is 2.28. The van der Waals surface area contributed by atoms with Crippen LogP contribution in [0.2, 0.25) is 0 Å². The molecule has 2 rings (SSSR count). The number of ether oxygens (including phenoxy) is 2. The first-order valence-electron chi connectivity index (χ1n) is 5.79. The summed E-state index contributed by atoms with van der Waals surface area (Å²) >= 11 is 3.29. The molecule has 0 atom stereocenters. The molecule has 0 N–H and O–H groups in total. The minimum Gasteiger partial charge on any atom is -0.497 e. The van der Waals surface area contributed by atoms with Gasteiger partial charge in [-0.2, -0.15) is 0 Å². The van der Waals surface area contributed by atoms with Crippen LogP contribution in [0.3, 0.4) is 0 Å². The monoisotopic (exact) mass is 338 g/mol. The first-order chi connectivity index (χ1) is 9.58. The zero-order chi connectivity index (χ0) is 14.7. The number of carbonyl (C=O) groups excluding carboxylic acids is 1. The number of benzene rings is 2. The molecule has 2 aromatic carbocycles. The Morgan fingerprint density at radius 2 is 1.85 bits per heavy atom. The lowest BCUT2D eigenvalue weighted by molar-refractivity contribution is 0.103. The molecular weight excluding hydrogens is 327 g/mol. The number of ketones is 1. The fourth-order valence-electron chi connectivity index (χ4n) is 1.79. The van der Waals surface area contributed by atoms with Gasteiger partial charge in [0, 0.05) is 10.0 Å². The molecule has 0 amide bonds. The van der Waals surface area contributed by atoms with Crippen molar-refractivity contribution in [1.29, 1.82) is 0 Å². The van der Waals surface area contributed by atoms with Crippen LogP contribution < -0.4 is 9.47 Å². The topological polar surface area (TPSA) is 35.5 Å². The highest BCUT2D eigenvalue weighted by Gasteiger charge is 2.19. The predicted molar refractivity (Wildman–Crippen MR) is 77.1 cm³/mol. The molecule has 5 heteroatoms. The molecule has 0 bridgehead atoms. The molecule has 0 saturated heterocycles. The molecular formula is C15H12BrFO3. The summed E-state index contributed by atoms with van der Waals surface area (Å²) in [6.07, 6.45) is 0. The average molecular weight is 339 g/mol.